The maximum absolute atomic E-state index is 12.0. The maximum atomic E-state index is 12.0. The minimum absolute atomic E-state index is 0.0133. The summed E-state index contributed by atoms with van der Waals surface area (Å²) in [6.07, 6.45) is 4.29. The first-order chi connectivity index (χ1) is 8.08. The van der Waals surface area contributed by atoms with Gasteiger partial charge in [0.1, 0.15) is 0 Å². The minimum Gasteiger partial charge on any atom is -0.481 e. The number of aliphatic carboxylic acids is 1. The monoisotopic (exact) mass is 240 g/mol. The molecule has 5 heteroatoms. The molecule has 0 aromatic heterocycles. The van der Waals surface area contributed by atoms with Crippen molar-refractivity contribution in [2.75, 3.05) is 26.7 Å². The molecule has 1 atom stereocenters. The van der Waals surface area contributed by atoms with Crippen LogP contribution in [0.5, 0.6) is 0 Å². The first-order valence-electron chi connectivity index (χ1n) is 6.30. The number of hydrogen-bond acceptors (Lipinski definition) is 2. The van der Waals surface area contributed by atoms with Gasteiger partial charge in [-0.15, -0.1) is 0 Å². The molecule has 2 rings (SSSR count). The number of carboxylic acids is 1. The van der Waals surface area contributed by atoms with Gasteiger partial charge in [0.15, 0.2) is 0 Å². The number of nitrogens with zero attached hydrogens (tertiary/aromatic N) is 2. The Hall–Kier alpha value is -1.26. The second-order valence-electron chi connectivity index (χ2n) is 5.23. The predicted octanol–water partition coefficient (Wildman–Crippen LogP) is 1.24. The van der Waals surface area contributed by atoms with E-state index in [1.54, 1.807) is 9.80 Å². The summed E-state index contributed by atoms with van der Waals surface area (Å²) in [5.74, 6) is -0.514. The van der Waals surface area contributed by atoms with Crippen molar-refractivity contribution in [1.82, 2.24) is 9.80 Å². The van der Waals surface area contributed by atoms with Gasteiger partial charge in [-0.1, -0.05) is 6.42 Å². The Kier molecular flexibility index (Phi) is 3.54. The van der Waals surface area contributed by atoms with E-state index in [0.717, 1.165) is 6.54 Å². The number of amides is 2. The average Bonchev–Trinajstić information content (AvgIpc) is 2.71. The summed E-state index contributed by atoms with van der Waals surface area (Å²) in [5.41, 5.74) is 0. The third-order valence-corrected chi connectivity index (χ3v) is 3.89. The van der Waals surface area contributed by atoms with Gasteiger partial charge in [0, 0.05) is 26.7 Å². The molecule has 5 nitrogen and oxygen atoms in total. The highest BCUT2D eigenvalue weighted by molar-refractivity contribution is 5.77. The molecule has 17 heavy (non-hydrogen) atoms. The number of urea groups is 1. The topological polar surface area (TPSA) is 60.9 Å². The van der Waals surface area contributed by atoms with Crippen LogP contribution in [-0.2, 0) is 4.79 Å². The highest BCUT2D eigenvalue weighted by Crippen LogP contribution is 2.27. The minimum atomic E-state index is -0.790. The van der Waals surface area contributed by atoms with Crippen LogP contribution in [0.25, 0.3) is 0 Å². The normalized spacial score (nSPS) is 24.5. The molecule has 2 aliphatic rings. The Balaban J connectivity index is 1.81. The van der Waals surface area contributed by atoms with E-state index in [1.807, 2.05) is 7.05 Å². The lowest BCUT2D eigenvalue weighted by Gasteiger charge is -2.32. The molecule has 0 aromatic rings. The standard InChI is InChI=1S/C12H20N2O3/c1-13(7-9-3-2-4-9)12(17)14-6-5-10(8-14)11(15)16/h9-10H,2-8H2,1H3,(H,15,16). The van der Waals surface area contributed by atoms with Gasteiger partial charge in [0.2, 0.25) is 0 Å². The van der Waals surface area contributed by atoms with Crippen molar-refractivity contribution in [3.8, 4) is 0 Å². The Bertz CT molecular complexity index is 315. The van der Waals surface area contributed by atoms with Gasteiger partial charge in [-0.2, -0.15) is 0 Å². The van der Waals surface area contributed by atoms with E-state index in [1.165, 1.54) is 19.3 Å². The van der Waals surface area contributed by atoms with E-state index in [4.69, 9.17) is 5.11 Å². The molecule has 1 aliphatic heterocycles. The Morgan fingerprint density at radius 3 is 2.53 bits per heavy atom. The van der Waals surface area contributed by atoms with Crippen LogP contribution in [0, 0.1) is 11.8 Å². The third-order valence-electron chi connectivity index (χ3n) is 3.89. The lowest BCUT2D eigenvalue weighted by atomic mass is 9.85. The molecule has 1 N–H and O–H groups in total. The van der Waals surface area contributed by atoms with Crippen LogP contribution in [0.2, 0.25) is 0 Å². The molecule has 2 fully saturated rings. The fraction of sp³-hybridized carbons (Fsp3) is 0.833. The van der Waals surface area contributed by atoms with Crippen LogP contribution in [0.4, 0.5) is 4.79 Å². The summed E-state index contributed by atoms with van der Waals surface area (Å²) in [4.78, 5) is 26.3. The molecule has 0 radical (unpaired) electrons. The SMILES string of the molecule is CN(CC1CCC1)C(=O)N1CCC(C(=O)O)C1. The van der Waals surface area contributed by atoms with Crippen LogP contribution in [0.15, 0.2) is 0 Å². The molecular weight excluding hydrogens is 220 g/mol. The van der Waals surface area contributed by atoms with Gasteiger partial charge >= 0.3 is 12.0 Å². The van der Waals surface area contributed by atoms with Crippen LogP contribution in [0.3, 0.4) is 0 Å². The van der Waals surface area contributed by atoms with E-state index >= 15 is 0 Å². The van der Waals surface area contributed by atoms with Crippen molar-refractivity contribution < 1.29 is 14.7 Å². The highest BCUT2D eigenvalue weighted by Gasteiger charge is 2.33. The predicted molar refractivity (Wildman–Crippen MR) is 62.7 cm³/mol. The molecular formula is C12H20N2O3. The van der Waals surface area contributed by atoms with E-state index in [2.05, 4.69) is 0 Å². The quantitative estimate of drug-likeness (QED) is 0.807. The highest BCUT2D eigenvalue weighted by atomic mass is 16.4. The number of rotatable bonds is 3. The van der Waals surface area contributed by atoms with Gasteiger partial charge in [-0.25, -0.2) is 4.79 Å². The van der Waals surface area contributed by atoms with E-state index in [0.29, 0.717) is 25.4 Å². The maximum Gasteiger partial charge on any atom is 0.319 e. The molecule has 1 saturated carbocycles. The molecule has 0 bridgehead atoms. The van der Waals surface area contributed by atoms with Crippen molar-refractivity contribution >= 4 is 12.0 Å². The van der Waals surface area contributed by atoms with Crippen molar-refractivity contribution in [3.63, 3.8) is 0 Å². The van der Waals surface area contributed by atoms with E-state index in [9.17, 15) is 9.59 Å². The average molecular weight is 240 g/mol. The fourth-order valence-electron chi connectivity index (χ4n) is 2.52. The van der Waals surface area contributed by atoms with Crippen molar-refractivity contribution in [2.24, 2.45) is 11.8 Å². The van der Waals surface area contributed by atoms with Crippen molar-refractivity contribution in [2.45, 2.75) is 25.7 Å². The van der Waals surface area contributed by atoms with Gasteiger partial charge in [-0.3, -0.25) is 4.79 Å². The number of hydrogen-bond donors (Lipinski definition) is 1. The Morgan fingerprint density at radius 1 is 1.35 bits per heavy atom. The molecule has 0 spiro atoms. The molecule has 1 unspecified atom stereocenters. The summed E-state index contributed by atoms with van der Waals surface area (Å²) in [7, 11) is 1.81. The number of carbonyl (C=O) groups is 2. The van der Waals surface area contributed by atoms with Crippen LogP contribution in [-0.4, -0.2) is 53.6 Å². The summed E-state index contributed by atoms with van der Waals surface area (Å²) in [6, 6.07) is -0.0133. The zero-order valence-corrected chi connectivity index (χ0v) is 10.3. The largest absolute Gasteiger partial charge is 0.481 e. The Morgan fingerprint density at radius 2 is 2.06 bits per heavy atom. The summed E-state index contributed by atoms with van der Waals surface area (Å²) >= 11 is 0. The second-order valence-corrected chi connectivity index (χ2v) is 5.23. The first kappa shape index (κ1) is 12.2. The van der Waals surface area contributed by atoms with Crippen molar-refractivity contribution in [3.05, 3.63) is 0 Å². The van der Waals surface area contributed by atoms with Crippen LogP contribution in [0.1, 0.15) is 25.7 Å². The lowest BCUT2D eigenvalue weighted by Crippen LogP contribution is -2.43. The summed E-state index contributed by atoms with van der Waals surface area (Å²) in [6.45, 7) is 1.75. The second kappa shape index (κ2) is 4.94. The van der Waals surface area contributed by atoms with Gasteiger partial charge in [0.25, 0.3) is 0 Å². The smallest absolute Gasteiger partial charge is 0.319 e. The molecule has 1 heterocycles. The third kappa shape index (κ3) is 2.70. The van der Waals surface area contributed by atoms with Crippen LogP contribution < -0.4 is 0 Å². The van der Waals surface area contributed by atoms with Crippen molar-refractivity contribution in [1.29, 1.82) is 0 Å². The fourth-order valence-corrected chi connectivity index (χ4v) is 2.52. The molecule has 2 amide bonds. The number of carboxylic acid groups (broad SMARTS) is 1. The zero-order valence-electron chi connectivity index (χ0n) is 10.3. The molecule has 1 aliphatic carbocycles. The number of carbonyl (C=O) groups excluding carboxylic acids is 1. The lowest BCUT2D eigenvalue weighted by molar-refractivity contribution is -0.141. The Labute approximate surface area is 101 Å². The van der Waals surface area contributed by atoms with E-state index in [-0.39, 0.29) is 11.9 Å². The molecule has 96 valence electrons. The van der Waals surface area contributed by atoms with Gasteiger partial charge < -0.3 is 14.9 Å². The first-order valence-corrected chi connectivity index (χ1v) is 6.30. The van der Waals surface area contributed by atoms with Gasteiger partial charge in [0.05, 0.1) is 5.92 Å². The van der Waals surface area contributed by atoms with Crippen LogP contribution >= 0.6 is 0 Å². The van der Waals surface area contributed by atoms with E-state index < -0.39 is 5.97 Å². The summed E-state index contributed by atoms with van der Waals surface area (Å²) < 4.78 is 0. The van der Waals surface area contributed by atoms with Gasteiger partial charge in [-0.05, 0) is 25.2 Å². The molecule has 0 aromatic carbocycles. The molecule has 1 saturated heterocycles. The number of likely N-dealkylation sites (tertiary alicyclic amines) is 1. The zero-order chi connectivity index (χ0) is 12.4. The summed E-state index contributed by atoms with van der Waals surface area (Å²) in [5, 5.41) is 8.89.